The fourth-order valence-corrected chi connectivity index (χ4v) is 2.20. The Morgan fingerprint density at radius 3 is 2.33 bits per heavy atom. The SMILES string of the molecule is CCc1ccc(C(=O)COCCCc2ccccc2)cc1. The van der Waals surface area contributed by atoms with Crippen LogP contribution in [-0.2, 0) is 17.6 Å². The highest BCUT2D eigenvalue weighted by Crippen LogP contribution is 2.07. The number of hydrogen-bond acceptors (Lipinski definition) is 2. The van der Waals surface area contributed by atoms with Gasteiger partial charge in [0.25, 0.3) is 0 Å². The molecule has 2 heteroatoms. The van der Waals surface area contributed by atoms with Crippen molar-refractivity contribution in [2.24, 2.45) is 0 Å². The first kappa shape index (κ1) is 15.5. The second-order valence-corrected chi connectivity index (χ2v) is 5.12. The summed E-state index contributed by atoms with van der Waals surface area (Å²) >= 11 is 0. The Labute approximate surface area is 126 Å². The molecule has 0 aliphatic heterocycles. The van der Waals surface area contributed by atoms with Gasteiger partial charge in [-0.2, -0.15) is 0 Å². The van der Waals surface area contributed by atoms with Crippen molar-refractivity contribution >= 4 is 5.78 Å². The molecule has 0 saturated heterocycles. The Morgan fingerprint density at radius 1 is 0.952 bits per heavy atom. The average Bonchev–Trinajstić information content (AvgIpc) is 2.55. The average molecular weight is 282 g/mol. The molecule has 0 saturated carbocycles. The normalized spacial score (nSPS) is 10.5. The number of rotatable bonds is 8. The van der Waals surface area contributed by atoms with Gasteiger partial charge in [-0.15, -0.1) is 0 Å². The van der Waals surface area contributed by atoms with E-state index in [1.165, 1.54) is 11.1 Å². The first-order valence-corrected chi connectivity index (χ1v) is 7.53. The molecule has 21 heavy (non-hydrogen) atoms. The van der Waals surface area contributed by atoms with Gasteiger partial charge in [0.2, 0.25) is 0 Å². The maximum atomic E-state index is 12.0. The minimum atomic E-state index is 0.0531. The van der Waals surface area contributed by atoms with E-state index in [1.807, 2.05) is 42.5 Å². The van der Waals surface area contributed by atoms with Crippen LogP contribution in [0.15, 0.2) is 54.6 Å². The monoisotopic (exact) mass is 282 g/mol. The van der Waals surface area contributed by atoms with Crippen molar-refractivity contribution in [3.8, 4) is 0 Å². The molecule has 0 aromatic heterocycles. The molecule has 2 nitrogen and oxygen atoms in total. The van der Waals surface area contributed by atoms with Gasteiger partial charge < -0.3 is 4.74 Å². The second-order valence-electron chi connectivity index (χ2n) is 5.12. The third-order valence-electron chi connectivity index (χ3n) is 3.51. The summed E-state index contributed by atoms with van der Waals surface area (Å²) < 4.78 is 5.48. The molecule has 0 aliphatic rings. The van der Waals surface area contributed by atoms with Crippen LogP contribution in [0.4, 0.5) is 0 Å². The van der Waals surface area contributed by atoms with Crippen LogP contribution >= 0.6 is 0 Å². The fourth-order valence-electron chi connectivity index (χ4n) is 2.20. The first-order valence-electron chi connectivity index (χ1n) is 7.53. The Morgan fingerprint density at radius 2 is 1.67 bits per heavy atom. The summed E-state index contributed by atoms with van der Waals surface area (Å²) in [5.74, 6) is 0.0531. The van der Waals surface area contributed by atoms with Gasteiger partial charge >= 0.3 is 0 Å². The van der Waals surface area contributed by atoms with Crippen LogP contribution in [0.2, 0.25) is 0 Å². The summed E-state index contributed by atoms with van der Waals surface area (Å²) in [7, 11) is 0. The molecule has 2 aromatic carbocycles. The number of hydrogen-bond donors (Lipinski definition) is 0. The van der Waals surface area contributed by atoms with Crippen molar-refractivity contribution in [2.45, 2.75) is 26.2 Å². The molecule has 0 unspecified atom stereocenters. The van der Waals surface area contributed by atoms with Gasteiger partial charge in [-0.1, -0.05) is 61.5 Å². The highest BCUT2D eigenvalue weighted by Gasteiger charge is 2.05. The lowest BCUT2D eigenvalue weighted by Crippen LogP contribution is -2.10. The lowest BCUT2D eigenvalue weighted by molar-refractivity contribution is 0.0756. The zero-order valence-corrected chi connectivity index (χ0v) is 12.5. The van der Waals surface area contributed by atoms with E-state index < -0.39 is 0 Å². The van der Waals surface area contributed by atoms with Crippen LogP contribution in [0.3, 0.4) is 0 Å². The van der Waals surface area contributed by atoms with Crippen LogP contribution in [0.5, 0.6) is 0 Å². The molecule has 0 heterocycles. The van der Waals surface area contributed by atoms with Crippen LogP contribution < -0.4 is 0 Å². The molecule has 0 radical (unpaired) electrons. The topological polar surface area (TPSA) is 26.3 Å². The van der Waals surface area contributed by atoms with Crippen molar-refractivity contribution in [3.63, 3.8) is 0 Å². The maximum absolute atomic E-state index is 12.0. The third kappa shape index (κ3) is 5.16. The van der Waals surface area contributed by atoms with Crippen LogP contribution in [0.1, 0.15) is 34.8 Å². The quantitative estimate of drug-likeness (QED) is 0.538. The number of ketones is 1. The standard InChI is InChI=1S/C19H22O2/c1-2-16-10-12-18(13-11-16)19(20)15-21-14-6-9-17-7-4-3-5-8-17/h3-5,7-8,10-13H,2,6,9,14-15H2,1H3. The van der Waals surface area contributed by atoms with Crippen LogP contribution in [-0.4, -0.2) is 19.0 Å². The van der Waals surface area contributed by atoms with E-state index in [-0.39, 0.29) is 12.4 Å². The van der Waals surface area contributed by atoms with E-state index in [0.29, 0.717) is 6.61 Å². The Balaban J connectivity index is 1.67. The Hall–Kier alpha value is -1.93. The van der Waals surface area contributed by atoms with Crippen molar-refractivity contribution in [3.05, 3.63) is 71.3 Å². The molecule has 110 valence electrons. The Kier molecular flexibility index (Phi) is 6.17. The predicted octanol–water partition coefficient (Wildman–Crippen LogP) is 4.08. The van der Waals surface area contributed by atoms with Gasteiger partial charge in [0.1, 0.15) is 6.61 Å². The van der Waals surface area contributed by atoms with Crippen LogP contribution in [0, 0.1) is 0 Å². The first-order chi connectivity index (χ1) is 10.3. The minimum absolute atomic E-state index is 0.0531. The number of carbonyl (C=O) groups is 1. The zero-order valence-electron chi connectivity index (χ0n) is 12.5. The third-order valence-corrected chi connectivity index (χ3v) is 3.51. The number of carbonyl (C=O) groups excluding carboxylic acids is 1. The summed E-state index contributed by atoms with van der Waals surface area (Å²) in [6.45, 7) is 2.89. The van der Waals surface area contributed by atoms with E-state index in [1.54, 1.807) is 0 Å². The molecule has 0 N–H and O–H groups in total. The van der Waals surface area contributed by atoms with Crippen LogP contribution in [0.25, 0.3) is 0 Å². The van der Waals surface area contributed by atoms with Gasteiger partial charge in [0.05, 0.1) is 0 Å². The highest BCUT2D eigenvalue weighted by atomic mass is 16.5. The highest BCUT2D eigenvalue weighted by molar-refractivity contribution is 5.97. The van der Waals surface area contributed by atoms with Crippen molar-refractivity contribution in [1.82, 2.24) is 0 Å². The van der Waals surface area contributed by atoms with Gasteiger partial charge in [0, 0.05) is 12.2 Å². The Bertz CT molecular complexity index is 544. The van der Waals surface area contributed by atoms with E-state index in [4.69, 9.17) is 4.74 Å². The molecule has 0 aliphatic carbocycles. The zero-order chi connectivity index (χ0) is 14.9. The molecular formula is C19H22O2. The largest absolute Gasteiger partial charge is 0.373 e. The molecule has 0 spiro atoms. The van der Waals surface area contributed by atoms with E-state index in [2.05, 4.69) is 19.1 Å². The van der Waals surface area contributed by atoms with Crippen molar-refractivity contribution < 1.29 is 9.53 Å². The minimum Gasteiger partial charge on any atom is -0.373 e. The summed E-state index contributed by atoms with van der Waals surface area (Å²) in [4.78, 5) is 12.0. The van der Waals surface area contributed by atoms with Gasteiger partial charge in [0.15, 0.2) is 5.78 Å². The molecule has 0 bridgehead atoms. The number of benzene rings is 2. The van der Waals surface area contributed by atoms with Crippen molar-refractivity contribution in [1.29, 1.82) is 0 Å². The lowest BCUT2D eigenvalue weighted by Gasteiger charge is -2.05. The molecule has 2 aromatic rings. The van der Waals surface area contributed by atoms with E-state index in [0.717, 1.165) is 24.8 Å². The van der Waals surface area contributed by atoms with Gasteiger partial charge in [-0.3, -0.25) is 4.79 Å². The number of ether oxygens (including phenoxy) is 1. The summed E-state index contributed by atoms with van der Waals surface area (Å²) in [6.07, 6.45) is 2.91. The molecule has 0 amide bonds. The molecule has 0 fully saturated rings. The molecular weight excluding hydrogens is 260 g/mol. The summed E-state index contributed by atoms with van der Waals surface area (Å²) in [5.41, 5.74) is 3.29. The summed E-state index contributed by atoms with van der Waals surface area (Å²) in [6, 6.07) is 18.1. The van der Waals surface area contributed by atoms with E-state index >= 15 is 0 Å². The fraction of sp³-hybridized carbons (Fsp3) is 0.316. The van der Waals surface area contributed by atoms with Crippen molar-refractivity contribution in [2.75, 3.05) is 13.2 Å². The smallest absolute Gasteiger partial charge is 0.188 e. The van der Waals surface area contributed by atoms with Gasteiger partial charge in [-0.25, -0.2) is 0 Å². The molecule has 0 atom stereocenters. The predicted molar refractivity (Wildman–Crippen MR) is 85.7 cm³/mol. The summed E-state index contributed by atoms with van der Waals surface area (Å²) in [5, 5.41) is 0. The molecule has 2 rings (SSSR count). The second kappa shape index (κ2) is 8.38. The number of aryl methyl sites for hydroxylation is 2. The maximum Gasteiger partial charge on any atom is 0.188 e. The van der Waals surface area contributed by atoms with E-state index in [9.17, 15) is 4.79 Å². The lowest BCUT2D eigenvalue weighted by atomic mass is 10.1. The number of Topliss-reactive ketones (excluding diaryl/α,β-unsaturated/α-hetero) is 1. The van der Waals surface area contributed by atoms with Gasteiger partial charge in [-0.05, 0) is 30.4 Å².